The number of para-hydroxylation sites is 1. The first kappa shape index (κ1) is 22.1. The molecule has 0 N–H and O–H groups in total. The number of carbonyl (C=O) groups is 3. The number of ether oxygens (including phenoxy) is 1. The average molecular weight is 474 g/mol. The van der Waals surface area contributed by atoms with Crippen LogP contribution in [-0.4, -0.2) is 60.8 Å². The van der Waals surface area contributed by atoms with E-state index in [0.717, 1.165) is 18.8 Å². The highest BCUT2D eigenvalue weighted by Gasteiger charge is 2.45. The molecular weight excluding hydrogens is 442 g/mol. The van der Waals surface area contributed by atoms with Crippen LogP contribution in [0.2, 0.25) is 0 Å². The monoisotopic (exact) mass is 473 g/mol. The van der Waals surface area contributed by atoms with Crippen molar-refractivity contribution in [2.75, 3.05) is 42.5 Å². The lowest BCUT2D eigenvalue weighted by atomic mass is 9.82. The molecule has 7 heteroatoms. The van der Waals surface area contributed by atoms with Gasteiger partial charge in [-0.2, -0.15) is 0 Å². The van der Waals surface area contributed by atoms with Crippen LogP contribution >= 0.6 is 0 Å². The fourth-order valence-electron chi connectivity index (χ4n) is 6.06. The Morgan fingerprint density at radius 1 is 0.886 bits per heavy atom. The Hall–Kier alpha value is -3.35. The van der Waals surface area contributed by atoms with Crippen molar-refractivity contribution in [2.24, 2.45) is 5.92 Å². The largest absolute Gasteiger partial charge is 0.486 e. The minimum absolute atomic E-state index is 0.00331. The van der Waals surface area contributed by atoms with Crippen molar-refractivity contribution < 1.29 is 19.1 Å². The van der Waals surface area contributed by atoms with E-state index in [-0.39, 0.29) is 29.9 Å². The molecule has 35 heavy (non-hydrogen) atoms. The number of hydrogen-bond acceptors (Lipinski definition) is 5. The van der Waals surface area contributed by atoms with Crippen molar-refractivity contribution in [3.8, 4) is 5.75 Å². The quantitative estimate of drug-likeness (QED) is 0.681. The molecule has 0 saturated carbocycles. The molecule has 1 atom stereocenters. The number of anilines is 2. The smallest absolute Gasteiger partial charge is 0.228 e. The molecule has 6 rings (SSSR count). The molecule has 7 nitrogen and oxygen atoms in total. The molecule has 2 amide bonds. The predicted molar refractivity (Wildman–Crippen MR) is 133 cm³/mol. The van der Waals surface area contributed by atoms with Gasteiger partial charge in [0.2, 0.25) is 11.8 Å². The van der Waals surface area contributed by atoms with Crippen molar-refractivity contribution >= 4 is 29.0 Å². The number of hydrogen-bond donors (Lipinski definition) is 0. The van der Waals surface area contributed by atoms with Gasteiger partial charge in [0, 0.05) is 63.4 Å². The first-order chi connectivity index (χ1) is 17.0. The fraction of sp³-hybridized carbons (Fsp3) is 0.464. The molecule has 3 saturated heterocycles. The highest BCUT2D eigenvalue weighted by Crippen LogP contribution is 2.40. The highest BCUT2D eigenvalue weighted by atomic mass is 16.5. The summed E-state index contributed by atoms with van der Waals surface area (Å²) < 4.78 is 6.30. The number of likely N-dealkylation sites (tertiary alicyclic amines) is 1. The normalized spacial score (nSPS) is 23.5. The highest BCUT2D eigenvalue weighted by molar-refractivity contribution is 6.01. The van der Waals surface area contributed by atoms with Crippen LogP contribution in [0.25, 0.3) is 0 Å². The van der Waals surface area contributed by atoms with Crippen LogP contribution in [0.5, 0.6) is 5.75 Å². The fourth-order valence-corrected chi connectivity index (χ4v) is 6.06. The van der Waals surface area contributed by atoms with E-state index in [0.29, 0.717) is 50.2 Å². The third kappa shape index (κ3) is 4.07. The summed E-state index contributed by atoms with van der Waals surface area (Å²) in [5.41, 5.74) is 2.17. The first-order valence-corrected chi connectivity index (χ1v) is 12.8. The summed E-state index contributed by atoms with van der Waals surface area (Å²) in [6, 6.07) is 15.6. The Bertz CT molecular complexity index is 1150. The van der Waals surface area contributed by atoms with Crippen LogP contribution in [0, 0.1) is 5.92 Å². The minimum atomic E-state index is -0.531. The molecule has 1 unspecified atom stereocenters. The van der Waals surface area contributed by atoms with Gasteiger partial charge in [-0.15, -0.1) is 0 Å². The maximum absolute atomic E-state index is 13.3. The van der Waals surface area contributed by atoms with E-state index in [1.165, 1.54) is 18.5 Å². The number of benzene rings is 2. The predicted octanol–water partition coefficient (Wildman–Crippen LogP) is 3.67. The number of Topliss-reactive ketones (excluding diaryl/α,β-unsaturated/α-hetero) is 1. The second kappa shape index (κ2) is 8.70. The molecule has 182 valence electrons. The van der Waals surface area contributed by atoms with Gasteiger partial charge in [-0.3, -0.25) is 14.4 Å². The Labute approximate surface area is 205 Å². The molecule has 0 aliphatic carbocycles. The molecule has 2 aromatic carbocycles. The summed E-state index contributed by atoms with van der Waals surface area (Å²) in [6.07, 6.45) is 4.31. The summed E-state index contributed by atoms with van der Waals surface area (Å²) in [7, 11) is 0. The van der Waals surface area contributed by atoms with Crippen molar-refractivity contribution in [3.63, 3.8) is 0 Å². The zero-order valence-electron chi connectivity index (χ0n) is 19.9. The zero-order valence-corrected chi connectivity index (χ0v) is 19.9. The van der Waals surface area contributed by atoms with Gasteiger partial charge >= 0.3 is 0 Å². The van der Waals surface area contributed by atoms with Crippen LogP contribution in [0.1, 0.15) is 48.9 Å². The van der Waals surface area contributed by atoms with Crippen LogP contribution in [0.4, 0.5) is 11.4 Å². The Morgan fingerprint density at radius 3 is 2.31 bits per heavy atom. The number of carbonyl (C=O) groups excluding carboxylic acids is 3. The van der Waals surface area contributed by atoms with E-state index >= 15 is 0 Å². The molecule has 0 aromatic heterocycles. The molecule has 3 fully saturated rings. The summed E-state index contributed by atoms with van der Waals surface area (Å²) >= 11 is 0. The van der Waals surface area contributed by atoms with Gasteiger partial charge in [0.1, 0.15) is 11.4 Å². The third-order valence-corrected chi connectivity index (χ3v) is 8.09. The molecule has 4 aliphatic rings. The van der Waals surface area contributed by atoms with Crippen LogP contribution in [0.15, 0.2) is 48.5 Å². The van der Waals surface area contributed by atoms with E-state index in [9.17, 15) is 14.4 Å². The lowest BCUT2D eigenvalue weighted by Gasteiger charge is -2.44. The number of fused-ring (bicyclic) bond motifs is 1. The third-order valence-electron chi connectivity index (χ3n) is 8.09. The Balaban J connectivity index is 1.08. The van der Waals surface area contributed by atoms with Crippen LogP contribution < -0.4 is 14.5 Å². The standard InChI is InChI=1S/C28H31N3O4/c32-24-18-28(35-25-6-2-1-5-23(24)25)11-15-30(16-12-28)27(34)20-17-26(33)31(19-20)22-9-7-21(8-10-22)29-13-3-4-14-29/h1-2,5-10,20H,3-4,11-19H2. The van der Waals surface area contributed by atoms with E-state index in [1.54, 1.807) is 4.90 Å². The summed E-state index contributed by atoms with van der Waals surface area (Å²) in [5, 5.41) is 0. The van der Waals surface area contributed by atoms with E-state index in [4.69, 9.17) is 4.74 Å². The van der Waals surface area contributed by atoms with Gasteiger partial charge in [-0.05, 0) is 49.2 Å². The van der Waals surface area contributed by atoms with Gasteiger partial charge in [-0.25, -0.2) is 0 Å². The molecule has 2 aromatic rings. The van der Waals surface area contributed by atoms with E-state index in [1.807, 2.05) is 41.3 Å². The molecule has 4 aliphatic heterocycles. The van der Waals surface area contributed by atoms with Crippen LogP contribution in [-0.2, 0) is 9.59 Å². The molecule has 0 bridgehead atoms. The summed E-state index contributed by atoms with van der Waals surface area (Å²) in [4.78, 5) is 44.8. The molecule has 0 radical (unpaired) electrons. The Kier molecular flexibility index (Phi) is 5.50. The average Bonchev–Trinajstić information content (AvgIpc) is 3.55. The topological polar surface area (TPSA) is 70.2 Å². The van der Waals surface area contributed by atoms with Gasteiger partial charge in [-0.1, -0.05) is 12.1 Å². The lowest BCUT2D eigenvalue weighted by Crippen LogP contribution is -2.53. The SMILES string of the molecule is O=C1CC2(CCN(C(=O)C3CC(=O)N(c4ccc(N5CCCC5)cc4)C3)CC2)Oc2ccccc21. The van der Waals surface area contributed by atoms with Gasteiger partial charge in [0.05, 0.1) is 17.9 Å². The van der Waals surface area contributed by atoms with Crippen LogP contribution in [0.3, 0.4) is 0 Å². The zero-order chi connectivity index (χ0) is 24.0. The second-order valence-corrected chi connectivity index (χ2v) is 10.3. The molecule has 4 heterocycles. The molecule has 1 spiro atoms. The number of piperidine rings is 1. The molecular formula is C28H31N3O4. The van der Waals surface area contributed by atoms with Gasteiger partial charge in [0.25, 0.3) is 0 Å². The maximum Gasteiger partial charge on any atom is 0.228 e. The lowest BCUT2D eigenvalue weighted by molar-refractivity contribution is -0.139. The number of nitrogens with zero attached hydrogens (tertiary/aromatic N) is 3. The number of amides is 2. The van der Waals surface area contributed by atoms with E-state index < -0.39 is 5.60 Å². The second-order valence-electron chi connectivity index (χ2n) is 10.3. The van der Waals surface area contributed by atoms with Crippen molar-refractivity contribution in [1.82, 2.24) is 4.90 Å². The van der Waals surface area contributed by atoms with Gasteiger partial charge in [0.15, 0.2) is 5.78 Å². The number of ketones is 1. The van der Waals surface area contributed by atoms with Gasteiger partial charge < -0.3 is 19.4 Å². The van der Waals surface area contributed by atoms with Crippen molar-refractivity contribution in [3.05, 3.63) is 54.1 Å². The maximum atomic E-state index is 13.3. The number of rotatable bonds is 3. The summed E-state index contributed by atoms with van der Waals surface area (Å²) in [5.74, 6) is 0.468. The van der Waals surface area contributed by atoms with Crippen molar-refractivity contribution in [1.29, 1.82) is 0 Å². The summed E-state index contributed by atoms with van der Waals surface area (Å²) in [6.45, 7) is 3.68. The first-order valence-electron chi connectivity index (χ1n) is 12.8. The minimum Gasteiger partial charge on any atom is -0.486 e. The van der Waals surface area contributed by atoms with Crippen molar-refractivity contribution in [2.45, 2.75) is 44.1 Å². The Morgan fingerprint density at radius 2 is 1.57 bits per heavy atom. The van der Waals surface area contributed by atoms with E-state index in [2.05, 4.69) is 17.0 Å².